The van der Waals surface area contributed by atoms with Crippen molar-refractivity contribution in [3.8, 4) is 5.75 Å². The highest BCUT2D eigenvalue weighted by Crippen LogP contribution is 2.16. The molecular weight excluding hydrogens is 282 g/mol. The van der Waals surface area contributed by atoms with Gasteiger partial charge >= 0.3 is 6.03 Å². The maximum atomic E-state index is 11.8. The number of urea groups is 1. The van der Waals surface area contributed by atoms with Crippen LogP contribution < -0.4 is 15.4 Å². The molecule has 1 aromatic carbocycles. The summed E-state index contributed by atoms with van der Waals surface area (Å²) in [5.41, 5.74) is 0.727. The Morgan fingerprint density at radius 2 is 2.14 bits per heavy atom. The molecule has 0 bridgehead atoms. The van der Waals surface area contributed by atoms with Gasteiger partial charge in [0.05, 0.1) is 20.3 Å². The van der Waals surface area contributed by atoms with Gasteiger partial charge in [-0.25, -0.2) is 4.79 Å². The predicted molar refractivity (Wildman–Crippen MR) is 86.5 cm³/mol. The lowest BCUT2D eigenvalue weighted by Gasteiger charge is -2.26. The lowest BCUT2D eigenvalue weighted by atomic mass is 10.2. The maximum absolute atomic E-state index is 11.8. The van der Waals surface area contributed by atoms with Crippen LogP contribution in [0.1, 0.15) is 12.8 Å². The SMILES string of the molecule is COc1cccc(NC(=O)NCCCCN2CCOCC2)c1. The summed E-state index contributed by atoms with van der Waals surface area (Å²) in [5, 5.41) is 5.67. The largest absolute Gasteiger partial charge is 0.497 e. The Morgan fingerprint density at radius 1 is 1.32 bits per heavy atom. The van der Waals surface area contributed by atoms with Crippen LogP contribution >= 0.6 is 0 Å². The van der Waals surface area contributed by atoms with Crippen LogP contribution in [-0.2, 0) is 4.74 Å². The number of nitrogens with one attached hydrogen (secondary N) is 2. The number of carbonyl (C=O) groups excluding carboxylic acids is 1. The summed E-state index contributed by atoms with van der Waals surface area (Å²) in [6.45, 7) is 5.46. The summed E-state index contributed by atoms with van der Waals surface area (Å²) in [6.07, 6.45) is 2.06. The number of nitrogens with zero attached hydrogens (tertiary/aromatic N) is 1. The number of unbranched alkanes of at least 4 members (excludes halogenated alkanes) is 1. The zero-order valence-electron chi connectivity index (χ0n) is 13.1. The molecule has 2 rings (SSSR count). The second kappa shape index (κ2) is 9.27. The smallest absolute Gasteiger partial charge is 0.319 e. The van der Waals surface area contributed by atoms with E-state index >= 15 is 0 Å². The topological polar surface area (TPSA) is 62.8 Å². The maximum Gasteiger partial charge on any atom is 0.319 e. The number of rotatable bonds is 7. The van der Waals surface area contributed by atoms with Crippen LogP contribution in [-0.4, -0.2) is 57.4 Å². The van der Waals surface area contributed by atoms with Gasteiger partial charge in [-0.15, -0.1) is 0 Å². The lowest BCUT2D eigenvalue weighted by molar-refractivity contribution is 0.0372. The summed E-state index contributed by atoms with van der Waals surface area (Å²) in [4.78, 5) is 14.2. The van der Waals surface area contributed by atoms with Crippen molar-refractivity contribution in [3.05, 3.63) is 24.3 Å². The first-order valence-electron chi connectivity index (χ1n) is 7.77. The second-order valence-electron chi connectivity index (χ2n) is 5.27. The van der Waals surface area contributed by atoms with Crippen molar-refractivity contribution in [2.24, 2.45) is 0 Å². The average Bonchev–Trinajstić information content (AvgIpc) is 2.55. The minimum absolute atomic E-state index is 0.181. The number of morpholine rings is 1. The Kier molecular flexibility index (Phi) is 6.99. The quantitative estimate of drug-likeness (QED) is 0.756. The fraction of sp³-hybridized carbons (Fsp3) is 0.562. The van der Waals surface area contributed by atoms with E-state index in [4.69, 9.17) is 9.47 Å². The molecule has 6 heteroatoms. The first-order valence-corrected chi connectivity index (χ1v) is 7.77. The molecule has 0 saturated carbocycles. The highest BCUT2D eigenvalue weighted by Gasteiger charge is 2.09. The monoisotopic (exact) mass is 307 g/mol. The van der Waals surface area contributed by atoms with Gasteiger partial charge in [0, 0.05) is 31.4 Å². The molecule has 0 radical (unpaired) electrons. The van der Waals surface area contributed by atoms with E-state index in [2.05, 4.69) is 15.5 Å². The standard InChI is InChI=1S/C16H25N3O3/c1-21-15-6-4-5-14(13-15)18-16(20)17-7-2-3-8-19-9-11-22-12-10-19/h4-6,13H,2-3,7-12H2,1H3,(H2,17,18,20). The Bertz CT molecular complexity index is 462. The predicted octanol–water partition coefficient (Wildman–Crippen LogP) is 1.93. The Morgan fingerprint density at radius 3 is 2.91 bits per heavy atom. The van der Waals surface area contributed by atoms with E-state index in [-0.39, 0.29) is 6.03 Å². The summed E-state index contributed by atoms with van der Waals surface area (Å²) in [7, 11) is 1.60. The van der Waals surface area contributed by atoms with E-state index in [0.29, 0.717) is 6.54 Å². The number of anilines is 1. The molecule has 122 valence electrons. The lowest BCUT2D eigenvalue weighted by Crippen LogP contribution is -2.37. The van der Waals surface area contributed by atoms with E-state index < -0.39 is 0 Å². The second-order valence-corrected chi connectivity index (χ2v) is 5.27. The molecule has 1 aromatic rings. The first-order chi connectivity index (χ1) is 10.8. The van der Waals surface area contributed by atoms with Crippen molar-refractivity contribution < 1.29 is 14.3 Å². The van der Waals surface area contributed by atoms with Crippen molar-refractivity contribution in [3.63, 3.8) is 0 Å². The van der Waals surface area contributed by atoms with Gasteiger partial charge in [-0.2, -0.15) is 0 Å². The number of methoxy groups -OCH3 is 1. The minimum Gasteiger partial charge on any atom is -0.497 e. The number of benzene rings is 1. The third kappa shape index (κ3) is 5.91. The van der Waals surface area contributed by atoms with E-state index in [1.807, 2.05) is 18.2 Å². The van der Waals surface area contributed by atoms with Crippen molar-refractivity contribution in [1.29, 1.82) is 0 Å². The molecule has 1 aliphatic rings. The van der Waals surface area contributed by atoms with Gasteiger partial charge in [-0.05, 0) is 31.5 Å². The van der Waals surface area contributed by atoms with Gasteiger partial charge in [0.15, 0.2) is 0 Å². The van der Waals surface area contributed by atoms with Gasteiger partial charge in [0.1, 0.15) is 5.75 Å². The van der Waals surface area contributed by atoms with Crippen molar-refractivity contribution >= 4 is 11.7 Å². The highest BCUT2D eigenvalue weighted by atomic mass is 16.5. The van der Waals surface area contributed by atoms with Crippen molar-refractivity contribution in [1.82, 2.24) is 10.2 Å². The van der Waals surface area contributed by atoms with E-state index in [1.165, 1.54) is 0 Å². The van der Waals surface area contributed by atoms with E-state index in [0.717, 1.165) is 57.1 Å². The molecule has 2 amide bonds. The molecule has 22 heavy (non-hydrogen) atoms. The van der Waals surface area contributed by atoms with E-state index in [9.17, 15) is 4.79 Å². The van der Waals surface area contributed by atoms with Crippen LogP contribution in [0.3, 0.4) is 0 Å². The van der Waals surface area contributed by atoms with Crippen LogP contribution in [0.15, 0.2) is 24.3 Å². The van der Waals surface area contributed by atoms with Crippen LogP contribution in [0, 0.1) is 0 Å². The van der Waals surface area contributed by atoms with Crippen LogP contribution in [0.4, 0.5) is 10.5 Å². The number of hydrogen-bond acceptors (Lipinski definition) is 4. The summed E-state index contributed by atoms with van der Waals surface area (Å²) >= 11 is 0. The minimum atomic E-state index is -0.181. The molecule has 1 aliphatic heterocycles. The third-order valence-corrected chi connectivity index (χ3v) is 3.62. The zero-order valence-corrected chi connectivity index (χ0v) is 13.1. The zero-order chi connectivity index (χ0) is 15.6. The first kappa shape index (κ1) is 16.6. The van der Waals surface area contributed by atoms with Gasteiger partial charge in [0.25, 0.3) is 0 Å². The fourth-order valence-electron chi connectivity index (χ4n) is 2.36. The van der Waals surface area contributed by atoms with Crippen LogP contribution in [0.5, 0.6) is 5.75 Å². The molecule has 0 atom stereocenters. The molecule has 0 aromatic heterocycles. The normalized spacial score (nSPS) is 15.3. The van der Waals surface area contributed by atoms with E-state index in [1.54, 1.807) is 13.2 Å². The third-order valence-electron chi connectivity index (χ3n) is 3.62. The van der Waals surface area contributed by atoms with Gasteiger partial charge in [-0.3, -0.25) is 4.90 Å². The van der Waals surface area contributed by atoms with Crippen LogP contribution in [0.2, 0.25) is 0 Å². The molecule has 0 unspecified atom stereocenters. The molecule has 1 fully saturated rings. The number of ether oxygens (including phenoxy) is 2. The van der Waals surface area contributed by atoms with Gasteiger partial charge in [-0.1, -0.05) is 6.07 Å². The number of carbonyl (C=O) groups is 1. The molecule has 1 saturated heterocycles. The Hall–Kier alpha value is -1.79. The molecule has 0 spiro atoms. The molecule has 0 aliphatic carbocycles. The Labute approximate surface area is 131 Å². The van der Waals surface area contributed by atoms with Gasteiger partial charge in [0.2, 0.25) is 0 Å². The van der Waals surface area contributed by atoms with Crippen LogP contribution in [0.25, 0.3) is 0 Å². The van der Waals surface area contributed by atoms with Crippen molar-refractivity contribution in [2.45, 2.75) is 12.8 Å². The van der Waals surface area contributed by atoms with Gasteiger partial charge < -0.3 is 20.1 Å². The summed E-state index contributed by atoms with van der Waals surface area (Å²) in [5.74, 6) is 0.725. The average molecular weight is 307 g/mol. The number of hydrogen-bond donors (Lipinski definition) is 2. The molecule has 6 nitrogen and oxygen atoms in total. The summed E-state index contributed by atoms with van der Waals surface area (Å²) in [6, 6.07) is 7.13. The molecular formula is C16H25N3O3. The summed E-state index contributed by atoms with van der Waals surface area (Å²) < 4.78 is 10.4. The fourth-order valence-corrected chi connectivity index (χ4v) is 2.36. The van der Waals surface area contributed by atoms with Crippen molar-refractivity contribution in [2.75, 3.05) is 51.8 Å². The molecule has 1 heterocycles. The Balaban J connectivity index is 1.57. The number of amides is 2. The molecule has 2 N–H and O–H groups in total. The highest BCUT2D eigenvalue weighted by molar-refractivity contribution is 5.89.